The Morgan fingerprint density at radius 2 is 1.87 bits per heavy atom. The van der Waals surface area contributed by atoms with Crippen molar-refractivity contribution in [2.24, 2.45) is 11.8 Å². The number of halogens is 1. The molecule has 1 fully saturated rings. The van der Waals surface area contributed by atoms with Crippen LogP contribution in [-0.4, -0.2) is 40.6 Å². The van der Waals surface area contributed by atoms with E-state index in [0.29, 0.717) is 0 Å². The van der Waals surface area contributed by atoms with E-state index in [9.17, 15) is 5.11 Å². The number of likely N-dealkylation sites (tertiary alicyclic amines) is 1. The molecule has 0 radical (unpaired) electrons. The molecule has 1 aliphatic rings. The second-order valence-electron chi connectivity index (χ2n) is 5.46. The number of aliphatic hydroxyl groups is 1. The number of hydrogen-bond acceptors (Lipinski definition) is 2. The Morgan fingerprint density at radius 3 is 2.27 bits per heavy atom. The first-order valence-corrected chi connectivity index (χ1v) is 7.07. The summed E-state index contributed by atoms with van der Waals surface area (Å²) in [6, 6.07) is 0. The summed E-state index contributed by atoms with van der Waals surface area (Å²) in [5.41, 5.74) is -0.418. The monoisotopic (exact) mass is 277 g/mol. The van der Waals surface area contributed by atoms with E-state index in [2.05, 4.69) is 34.7 Å². The molecule has 15 heavy (non-hydrogen) atoms. The summed E-state index contributed by atoms with van der Waals surface area (Å²) in [6.07, 6.45) is 1.83. The zero-order valence-electron chi connectivity index (χ0n) is 10.2. The van der Waals surface area contributed by atoms with Crippen LogP contribution in [0.4, 0.5) is 0 Å². The molecule has 0 aromatic heterocycles. The van der Waals surface area contributed by atoms with Gasteiger partial charge in [-0.1, -0.05) is 29.8 Å². The number of nitrogens with zero attached hydrogens (tertiary/aromatic N) is 1. The SMILES string of the molecule is CC(C)C(CBr)CN1CCC(C)(O)CC1. The zero-order valence-corrected chi connectivity index (χ0v) is 11.8. The fraction of sp³-hybridized carbons (Fsp3) is 1.00. The maximum absolute atomic E-state index is 9.86. The van der Waals surface area contributed by atoms with Crippen molar-refractivity contribution in [1.29, 1.82) is 0 Å². The normalized spacial score (nSPS) is 24.4. The highest BCUT2D eigenvalue weighted by Gasteiger charge is 2.28. The Kier molecular flexibility index (Phi) is 5.07. The maximum atomic E-state index is 9.86. The van der Waals surface area contributed by atoms with E-state index in [1.807, 2.05) is 6.92 Å². The van der Waals surface area contributed by atoms with Crippen LogP contribution in [0.3, 0.4) is 0 Å². The largest absolute Gasteiger partial charge is 0.390 e. The Morgan fingerprint density at radius 1 is 1.33 bits per heavy atom. The van der Waals surface area contributed by atoms with Crippen molar-refractivity contribution in [2.75, 3.05) is 25.0 Å². The molecule has 0 aliphatic carbocycles. The molecular formula is C12H24BrNO. The average Bonchev–Trinajstić information content (AvgIpc) is 2.15. The van der Waals surface area contributed by atoms with E-state index < -0.39 is 5.60 Å². The standard InChI is InChI=1S/C12H24BrNO/c1-10(2)11(8-13)9-14-6-4-12(3,15)5-7-14/h10-11,15H,4-9H2,1-3H3. The van der Waals surface area contributed by atoms with Gasteiger partial charge in [0.05, 0.1) is 5.60 Å². The van der Waals surface area contributed by atoms with Crippen LogP contribution in [0, 0.1) is 11.8 Å². The van der Waals surface area contributed by atoms with Gasteiger partial charge in [-0.15, -0.1) is 0 Å². The lowest BCUT2D eigenvalue weighted by atomic mass is 9.91. The molecule has 1 heterocycles. The van der Waals surface area contributed by atoms with Crippen LogP contribution in [0.1, 0.15) is 33.6 Å². The van der Waals surface area contributed by atoms with Crippen molar-refractivity contribution in [2.45, 2.75) is 39.2 Å². The van der Waals surface area contributed by atoms with Crippen LogP contribution in [0.25, 0.3) is 0 Å². The maximum Gasteiger partial charge on any atom is 0.0644 e. The summed E-state index contributed by atoms with van der Waals surface area (Å²) in [7, 11) is 0. The van der Waals surface area contributed by atoms with Crippen LogP contribution in [0.2, 0.25) is 0 Å². The van der Waals surface area contributed by atoms with E-state index in [4.69, 9.17) is 0 Å². The van der Waals surface area contributed by atoms with Gasteiger partial charge in [-0.3, -0.25) is 0 Å². The van der Waals surface area contributed by atoms with Gasteiger partial charge in [0.1, 0.15) is 0 Å². The van der Waals surface area contributed by atoms with Gasteiger partial charge >= 0.3 is 0 Å². The first kappa shape index (κ1) is 13.5. The summed E-state index contributed by atoms with van der Waals surface area (Å²) in [6.45, 7) is 9.78. The Hall–Kier alpha value is 0.400. The van der Waals surface area contributed by atoms with Gasteiger partial charge < -0.3 is 10.0 Å². The van der Waals surface area contributed by atoms with Crippen LogP contribution in [0.15, 0.2) is 0 Å². The molecule has 90 valence electrons. The topological polar surface area (TPSA) is 23.5 Å². The Labute approximate surface area is 102 Å². The smallest absolute Gasteiger partial charge is 0.0644 e. The van der Waals surface area contributed by atoms with E-state index in [1.165, 1.54) is 6.54 Å². The fourth-order valence-corrected chi connectivity index (χ4v) is 2.94. The molecule has 2 nitrogen and oxygen atoms in total. The number of hydrogen-bond donors (Lipinski definition) is 1. The molecule has 1 unspecified atom stereocenters. The molecule has 0 aromatic rings. The van der Waals surface area contributed by atoms with Crippen LogP contribution in [-0.2, 0) is 0 Å². The minimum Gasteiger partial charge on any atom is -0.390 e. The van der Waals surface area contributed by atoms with Crippen molar-refractivity contribution in [3.8, 4) is 0 Å². The highest BCUT2D eigenvalue weighted by molar-refractivity contribution is 9.09. The highest BCUT2D eigenvalue weighted by Crippen LogP contribution is 2.23. The highest BCUT2D eigenvalue weighted by atomic mass is 79.9. The van der Waals surface area contributed by atoms with Gasteiger partial charge in [0.15, 0.2) is 0 Å². The van der Waals surface area contributed by atoms with Gasteiger partial charge in [-0.2, -0.15) is 0 Å². The second-order valence-corrected chi connectivity index (χ2v) is 6.10. The van der Waals surface area contributed by atoms with Gasteiger partial charge in [0.2, 0.25) is 0 Å². The molecule has 1 aliphatic heterocycles. The van der Waals surface area contributed by atoms with E-state index in [0.717, 1.165) is 43.1 Å². The van der Waals surface area contributed by atoms with Gasteiger partial charge in [-0.05, 0) is 31.6 Å². The summed E-state index contributed by atoms with van der Waals surface area (Å²) >= 11 is 3.59. The third-order valence-electron chi connectivity index (χ3n) is 3.57. The molecule has 1 rings (SSSR count). The number of alkyl halides is 1. The lowest BCUT2D eigenvalue weighted by Gasteiger charge is -2.37. The minimum absolute atomic E-state index is 0.418. The van der Waals surface area contributed by atoms with Crippen LogP contribution in [0.5, 0.6) is 0 Å². The van der Waals surface area contributed by atoms with E-state index in [1.54, 1.807) is 0 Å². The quantitative estimate of drug-likeness (QED) is 0.799. The lowest BCUT2D eigenvalue weighted by Crippen LogP contribution is -2.44. The van der Waals surface area contributed by atoms with Crippen LogP contribution < -0.4 is 0 Å². The van der Waals surface area contributed by atoms with Crippen molar-refractivity contribution in [3.05, 3.63) is 0 Å². The molecule has 3 heteroatoms. The molecule has 1 atom stereocenters. The van der Waals surface area contributed by atoms with Crippen molar-refractivity contribution in [3.63, 3.8) is 0 Å². The second kappa shape index (κ2) is 5.65. The molecule has 0 spiro atoms. The predicted octanol–water partition coefficient (Wildman–Crippen LogP) is 2.50. The molecule has 0 amide bonds. The summed E-state index contributed by atoms with van der Waals surface area (Å²) in [4.78, 5) is 2.49. The molecule has 1 N–H and O–H groups in total. The Bertz CT molecular complexity index is 184. The fourth-order valence-electron chi connectivity index (χ4n) is 1.99. The third kappa shape index (κ3) is 4.41. The zero-order chi connectivity index (χ0) is 11.5. The first-order chi connectivity index (χ1) is 6.94. The Balaban J connectivity index is 2.34. The number of rotatable bonds is 4. The molecular weight excluding hydrogens is 254 g/mol. The van der Waals surface area contributed by atoms with Crippen molar-refractivity contribution >= 4 is 15.9 Å². The van der Waals surface area contributed by atoms with E-state index in [-0.39, 0.29) is 0 Å². The van der Waals surface area contributed by atoms with E-state index >= 15 is 0 Å². The lowest BCUT2D eigenvalue weighted by molar-refractivity contribution is -0.00933. The molecule has 0 saturated carbocycles. The molecule has 1 saturated heterocycles. The van der Waals surface area contributed by atoms with Gasteiger partial charge in [0.25, 0.3) is 0 Å². The minimum atomic E-state index is -0.418. The number of piperidine rings is 1. The summed E-state index contributed by atoms with van der Waals surface area (Å²) in [5, 5.41) is 10.9. The van der Waals surface area contributed by atoms with Gasteiger partial charge in [0, 0.05) is 25.0 Å². The predicted molar refractivity (Wildman–Crippen MR) is 68.4 cm³/mol. The van der Waals surface area contributed by atoms with Gasteiger partial charge in [-0.25, -0.2) is 0 Å². The first-order valence-electron chi connectivity index (χ1n) is 5.95. The van der Waals surface area contributed by atoms with Crippen molar-refractivity contribution in [1.82, 2.24) is 4.90 Å². The molecule has 0 aromatic carbocycles. The van der Waals surface area contributed by atoms with Crippen molar-refractivity contribution < 1.29 is 5.11 Å². The molecule has 0 bridgehead atoms. The van der Waals surface area contributed by atoms with Crippen LogP contribution >= 0.6 is 15.9 Å². The summed E-state index contributed by atoms with van der Waals surface area (Å²) < 4.78 is 0. The summed E-state index contributed by atoms with van der Waals surface area (Å²) in [5.74, 6) is 1.46. The average molecular weight is 278 g/mol. The third-order valence-corrected chi connectivity index (χ3v) is 4.40.